The monoisotopic (exact) mass is 174 g/mol. The van der Waals surface area contributed by atoms with Crippen LogP contribution in [-0.4, -0.2) is 31.9 Å². The van der Waals surface area contributed by atoms with Gasteiger partial charge in [-0.15, -0.1) is 0 Å². The van der Waals surface area contributed by atoms with Gasteiger partial charge in [-0.3, -0.25) is 0 Å². The molecule has 1 aliphatic rings. The van der Waals surface area contributed by atoms with E-state index < -0.39 is 18.6 Å². The average Bonchev–Trinajstić information content (AvgIpc) is 2.37. The van der Waals surface area contributed by atoms with Crippen molar-refractivity contribution in [3.63, 3.8) is 0 Å². The lowest BCUT2D eigenvalue weighted by Gasteiger charge is -2.19. The molecule has 1 fully saturated rings. The summed E-state index contributed by atoms with van der Waals surface area (Å²) in [6.45, 7) is -0.125. The maximum absolute atomic E-state index is 12.3. The van der Waals surface area contributed by atoms with Crippen molar-refractivity contribution >= 4 is 0 Å². The summed E-state index contributed by atoms with van der Waals surface area (Å²) in [4.78, 5) is 0. The number of halogens is 4. The normalized spacial score (nSPS) is 21.5. The zero-order chi connectivity index (χ0) is 8.48. The zero-order valence-electron chi connectivity index (χ0n) is 5.40. The van der Waals surface area contributed by atoms with E-state index in [4.69, 9.17) is 0 Å². The minimum absolute atomic E-state index is 0.0625. The summed E-state index contributed by atoms with van der Waals surface area (Å²) in [6.07, 6.45) is -5.83. The molecule has 0 amide bonds. The van der Waals surface area contributed by atoms with Crippen LogP contribution < -0.4 is 0 Å². The summed E-state index contributed by atoms with van der Waals surface area (Å²) in [6, 6.07) is 0. The van der Waals surface area contributed by atoms with E-state index in [9.17, 15) is 17.6 Å². The first kappa shape index (κ1) is 8.73. The lowest BCUT2D eigenvalue weighted by molar-refractivity contribution is -0.255. The van der Waals surface area contributed by atoms with Crippen molar-refractivity contribution in [3.8, 4) is 0 Å². The van der Waals surface area contributed by atoms with Crippen LogP contribution in [-0.2, 0) is 9.47 Å². The highest BCUT2D eigenvalue weighted by Gasteiger charge is 2.52. The van der Waals surface area contributed by atoms with Gasteiger partial charge >= 0.3 is 12.3 Å². The zero-order valence-corrected chi connectivity index (χ0v) is 5.40. The second-order valence-corrected chi connectivity index (χ2v) is 2.05. The molecular weight excluding hydrogens is 168 g/mol. The van der Waals surface area contributed by atoms with E-state index in [1.807, 2.05) is 0 Å². The lowest BCUT2D eigenvalue weighted by atomic mass is 10.3. The van der Waals surface area contributed by atoms with Crippen molar-refractivity contribution in [2.45, 2.75) is 18.6 Å². The van der Waals surface area contributed by atoms with Crippen molar-refractivity contribution in [2.24, 2.45) is 0 Å². The molecule has 0 aromatic heterocycles. The van der Waals surface area contributed by atoms with Gasteiger partial charge in [0.25, 0.3) is 0 Å². The second-order valence-electron chi connectivity index (χ2n) is 2.05. The standard InChI is InChI=1S/C5H6F4O2/c6-3(7)5(8,9)4-10-1-2-11-4/h3-4H,1-2H2. The average molecular weight is 174 g/mol. The van der Waals surface area contributed by atoms with Crippen molar-refractivity contribution < 1.29 is 27.0 Å². The van der Waals surface area contributed by atoms with Crippen molar-refractivity contribution in [3.05, 3.63) is 0 Å². The first-order valence-corrected chi connectivity index (χ1v) is 2.94. The van der Waals surface area contributed by atoms with Gasteiger partial charge in [-0.05, 0) is 0 Å². The number of hydrogen-bond donors (Lipinski definition) is 0. The Morgan fingerprint density at radius 3 is 2.00 bits per heavy atom. The molecule has 0 N–H and O–H groups in total. The molecule has 0 radical (unpaired) electrons. The molecule has 2 nitrogen and oxygen atoms in total. The third kappa shape index (κ3) is 1.62. The molecule has 0 aliphatic carbocycles. The summed E-state index contributed by atoms with van der Waals surface area (Å²) >= 11 is 0. The molecule has 0 aromatic rings. The van der Waals surface area contributed by atoms with Gasteiger partial charge < -0.3 is 9.47 Å². The molecule has 6 heteroatoms. The van der Waals surface area contributed by atoms with Gasteiger partial charge in [0, 0.05) is 0 Å². The molecule has 0 saturated carbocycles. The van der Waals surface area contributed by atoms with Gasteiger partial charge in [-0.2, -0.15) is 8.78 Å². The Balaban J connectivity index is 2.55. The molecule has 0 unspecified atom stereocenters. The molecule has 1 rings (SSSR count). The Bertz CT molecular complexity index is 132. The van der Waals surface area contributed by atoms with Crippen LogP contribution in [0, 0.1) is 0 Å². The van der Waals surface area contributed by atoms with E-state index in [0.717, 1.165) is 0 Å². The SMILES string of the molecule is FC(F)C(F)(F)C1OCCO1. The molecule has 0 atom stereocenters. The van der Waals surface area contributed by atoms with Gasteiger partial charge in [0.15, 0.2) is 0 Å². The molecule has 66 valence electrons. The van der Waals surface area contributed by atoms with Gasteiger partial charge in [-0.1, -0.05) is 0 Å². The maximum Gasteiger partial charge on any atom is 0.356 e. The van der Waals surface area contributed by atoms with Crippen LogP contribution in [0.1, 0.15) is 0 Å². The first-order chi connectivity index (χ1) is 5.05. The van der Waals surface area contributed by atoms with Crippen LogP contribution in [0.25, 0.3) is 0 Å². The predicted molar refractivity (Wildman–Crippen MR) is 26.6 cm³/mol. The van der Waals surface area contributed by atoms with E-state index >= 15 is 0 Å². The number of hydrogen-bond acceptors (Lipinski definition) is 2. The van der Waals surface area contributed by atoms with Crippen molar-refractivity contribution in [1.29, 1.82) is 0 Å². The Morgan fingerprint density at radius 2 is 1.64 bits per heavy atom. The predicted octanol–water partition coefficient (Wildman–Crippen LogP) is 1.26. The first-order valence-electron chi connectivity index (χ1n) is 2.94. The summed E-state index contributed by atoms with van der Waals surface area (Å²) in [5.41, 5.74) is 0. The van der Waals surface area contributed by atoms with Crippen LogP contribution in [0.3, 0.4) is 0 Å². The van der Waals surface area contributed by atoms with Crippen LogP contribution in [0.15, 0.2) is 0 Å². The molecule has 11 heavy (non-hydrogen) atoms. The van der Waals surface area contributed by atoms with Crippen LogP contribution in [0.2, 0.25) is 0 Å². The fourth-order valence-corrected chi connectivity index (χ4v) is 0.683. The largest absolute Gasteiger partial charge is 0.356 e. The highest BCUT2D eigenvalue weighted by molar-refractivity contribution is 4.75. The molecule has 1 saturated heterocycles. The van der Waals surface area contributed by atoms with Crippen LogP contribution >= 0.6 is 0 Å². The second kappa shape index (κ2) is 2.94. The molecular formula is C5H6F4O2. The fraction of sp³-hybridized carbons (Fsp3) is 1.00. The van der Waals surface area contributed by atoms with E-state index in [-0.39, 0.29) is 13.2 Å². The highest BCUT2D eigenvalue weighted by Crippen LogP contribution is 2.31. The van der Waals surface area contributed by atoms with Crippen molar-refractivity contribution in [2.75, 3.05) is 13.2 Å². The topological polar surface area (TPSA) is 18.5 Å². The fourth-order valence-electron chi connectivity index (χ4n) is 0.683. The summed E-state index contributed by atoms with van der Waals surface area (Å²) in [7, 11) is 0. The summed E-state index contributed by atoms with van der Waals surface area (Å²) < 4.78 is 56.1. The molecule has 0 spiro atoms. The maximum atomic E-state index is 12.3. The smallest absolute Gasteiger partial charge is 0.345 e. The minimum Gasteiger partial charge on any atom is -0.345 e. The Kier molecular flexibility index (Phi) is 2.34. The minimum atomic E-state index is -4.20. The summed E-state index contributed by atoms with van der Waals surface area (Å²) in [5, 5.41) is 0. The van der Waals surface area contributed by atoms with E-state index in [2.05, 4.69) is 9.47 Å². The molecule has 1 aliphatic heterocycles. The third-order valence-corrected chi connectivity index (χ3v) is 1.23. The molecule has 1 heterocycles. The Hall–Kier alpha value is -0.360. The Labute approximate surface area is 60.1 Å². The summed E-state index contributed by atoms with van der Waals surface area (Å²) in [5.74, 6) is -4.20. The Morgan fingerprint density at radius 1 is 1.18 bits per heavy atom. The lowest BCUT2D eigenvalue weighted by Crippen LogP contribution is -2.40. The highest BCUT2D eigenvalue weighted by atomic mass is 19.3. The number of alkyl halides is 4. The third-order valence-electron chi connectivity index (χ3n) is 1.23. The van der Waals surface area contributed by atoms with E-state index in [0.29, 0.717) is 0 Å². The van der Waals surface area contributed by atoms with E-state index in [1.165, 1.54) is 0 Å². The van der Waals surface area contributed by atoms with Gasteiger partial charge in [0.1, 0.15) is 0 Å². The quantitative estimate of drug-likeness (QED) is 0.586. The van der Waals surface area contributed by atoms with E-state index in [1.54, 1.807) is 0 Å². The van der Waals surface area contributed by atoms with Gasteiger partial charge in [-0.25, -0.2) is 8.78 Å². The molecule has 0 aromatic carbocycles. The van der Waals surface area contributed by atoms with Crippen LogP contribution in [0.5, 0.6) is 0 Å². The number of ether oxygens (including phenoxy) is 2. The molecule has 0 bridgehead atoms. The van der Waals surface area contributed by atoms with Gasteiger partial charge in [0.2, 0.25) is 6.29 Å². The number of rotatable bonds is 2. The van der Waals surface area contributed by atoms with Crippen molar-refractivity contribution in [1.82, 2.24) is 0 Å². The van der Waals surface area contributed by atoms with Gasteiger partial charge in [0.05, 0.1) is 13.2 Å². The van der Waals surface area contributed by atoms with Crippen LogP contribution in [0.4, 0.5) is 17.6 Å².